The molecule has 0 amide bonds. The van der Waals surface area contributed by atoms with Crippen molar-refractivity contribution in [3.8, 4) is 0 Å². The molecule has 0 aliphatic rings. The van der Waals surface area contributed by atoms with Gasteiger partial charge in [-0.25, -0.2) is 0 Å². The quantitative estimate of drug-likeness (QED) is 0.794. The zero-order chi connectivity index (χ0) is 13.9. The fraction of sp³-hybridized carbons (Fsp3) is 0.250. The van der Waals surface area contributed by atoms with Gasteiger partial charge in [0, 0.05) is 6.42 Å². The van der Waals surface area contributed by atoms with E-state index in [0.29, 0.717) is 0 Å². The number of fused-ring (bicyclic) bond motifs is 1. The molecule has 3 aromatic rings. The van der Waals surface area contributed by atoms with Crippen molar-refractivity contribution in [3.63, 3.8) is 0 Å². The summed E-state index contributed by atoms with van der Waals surface area (Å²) >= 11 is 1.62. The third kappa shape index (κ3) is 2.71. The van der Waals surface area contributed by atoms with Crippen molar-refractivity contribution in [1.29, 1.82) is 0 Å². The summed E-state index contributed by atoms with van der Waals surface area (Å²) in [4.78, 5) is 0. The monoisotopic (exact) mass is 283 g/mol. The van der Waals surface area contributed by atoms with Crippen molar-refractivity contribution in [3.05, 3.63) is 58.0 Å². The van der Waals surface area contributed by atoms with Crippen LogP contribution in [0.4, 0.5) is 0 Å². The number of hydrogen-bond donors (Lipinski definition) is 1. The first-order chi connectivity index (χ1) is 9.76. The van der Waals surface area contributed by atoms with E-state index in [1.165, 1.54) is 16.3 Å². The van der Waals surface area contributed by atoms with Crippen LogP contribution in [-0.2, 0) is 6.42 Å². The van der Waals surface area contributed by atoms with Crippen molar-refractivity contribution in [2.24, 2.45) is 5.73 Å². The topological polar surface area (TPSA) is 51.8 Å². The Labute approximate surface area is 122 Å². The van der Waals surface area contributed by atoms with E-state index >= 15 is 0 Å². The minimum atomic E-state index is 0.0119. The molecule has 0 aliphatic heterocycles. The van der Waals surface area contributed by atoms with Gasteiger partial charge < -0.3 is 5.73 Å². The fourth-order valence-corrected chi connectivity index (χ4v) is 3.15. The van der Waals surface area contributed by atoms with Crippen LogP contribution in [0.15, 0.2) is 42.5 Å². The van der Waals surface area contributed by atoms with Crippen molar-refractivity contribution in [2.45, 2.75) is 25.8 Å². The second kappa shape index (κ2) is 5.69. The Hall–Kier alpha value is -1.78. The van der Waals surface area contributed by atoms with Gasteiger partial charge in [-0.3, -0.25) is 0 Å². The highest BCUT2D eigenvalue weighted by atomic mass is 32.1. The van der Waals surface area contributed by atoms with Crippen LogP contribution in [0.5, 0.6) is 0 Å². The second-order valence-corrected chi connectivity index (χ2v) is 6.00. The Morgan fingerprint density at radius 3 is 2.70 bits per heavy atom. The third-order valence-corrected chi connectivity index (χ3v) is 4.46. The maximum absolute atomic E-state index is 5.98. The van der Waals surface area contributed by atoms with Gasteiger partial charge in [0.05, 0.1) is 6.04 Å². The predicted molar refractivity (Wildman–Crippen MR) is 83.9 cm³/mol. The zero-order valence-corrected chi connectivity index (χ0v) is 12.2. The molecular weight excluding hydrogens is 266 g/mol. The van der Waals surface area contributed by atoms with Gasteiger partial charge in [-0.1, -0.05) is 60.7 Å². The Morgan fingerprint density at radius 1 is 1.10 bits per heavy atom. The van der Waals surface area contributed by atoms with E-state index < -0.39 is 0 Å². The molecule has 0 fully saturated rings. The number of nitrogens with zero attached hydrogens (tertiary/aromatic N) is 2. The first kappa shape index (κ1) is 13.2. The Morgan fingerprint density at radius 2 is 1.90 bits per heavy atom. The van der Waals surface area contributed by atoms with E-state index in [9.17, 15) is 0 Å². The van der Waals surface area contributed by atoms with Crippen molar-refractivity contribution in [1.82, 2.24) is 10.2 Å². The molecule has 20 heavy (non-hydrogen) atoms. The summed E-state index contributed by atoms with van der Waals surface area (Å²) in [7, 11) is 0. The molecule has 1 unspecified atom stereocenters. The van der Waals surface area contributed by atoms with Crippen molar-refractivity contribution in [2.75, 3.05) is 0 Å². The summed E-state index contributed by atoms with van der Waals surface area (Å²) in [6.07, 6.45) is 1.71. The summed E-state index contributed by atoms with van der Waals surface area (Å²) in [5, 5.41) is 12.9. The molecule has 0 saturated carbocycles. The lowest BCUT2D eigenvalue weighted by molar-refractivity contribution is 0.682. The first-order valence-electron chi connectivity index (χ1n) is 6.82. The summed E-state index contributed by atoms with van der Waals surface area (Å²) < 4.78 is 0. The maximum atomic E-state index is 5.98. The van der Waals surface area contributed by atoms with E-state index in [0.717, 1.165) is 22.9 Å². The van der Waals surface area contributed by atoms with Crippen LogP contribution >= 0.6 is 11.3 Å². The SMILES string of the molecule is CCC(N)c1nnc(Cc2ccc3ccccc3c2)s1. The average Bonchev–Trinajstić information content (AvgIpc) is 2.95. The molecule has 102 valence electrons. The zero-order valence-electron chi connectivity index (χ0n) is 11.4. The molecule has 2 N–H and O–H groups in total. The molecule has 0 saturated heterocycles. The summed E-state index contributed by atoms with van der Waals surface area (Å²) in [6.45, 7) is 2.06. The number of hydrogen-bond acceptors (Lipinski definition) is 4. The number of rotatable bonds is 4. The molecule has 1 heterocycles. The summed E-state index contributed by atoms with van der Waals surface area (Å²) in [6, 6.07) is 14.9. The molecule has 4 heteroatoms. The molecule has 2 aromatic carbocycles. The van der Waals surface area contributed by atoms with Gasteiger partial charge in [0.2, 0.25) is 0 Å². The number of nitrogens with two attached hydrogens (primary N) is 1. The highest BCUT2D eigenvalue weighted by Crippen LogP contribution is 2.22. The van der Waals surface area contributed by atoms with Gasteiger partial charge >= 0.3 is 0 Å². The molecule has 0 bridgehead atoms. The van der Waals surface area contributed by atoms with Gasteiger partial charge in [-0.05, 0) is 22.8 Å². The van der Waals surface area contributed by atoms with E-state index in [1.54, 1.807) is 11.3 Å². The lowest BCUT2D eigenvalue weighted by Crippen LogP contribution is -2.07. The van der Waals surface area contributed by atoms with Crippen LogP contribution in [0.25, 0.3) is 10.8 Å². The van der Waals surface area contributed by atoms with Gasteiger partial charge in [0.25, 0.3) is 0 Å². The van der Waals surface area contributed by atoms with Crippen LogP contribution in [0, 0.1) is 0 Å². The van der Waals surface area contributed by atoms with Gasteiger partial charge in [-0.15, -0.1) is 10.2 Å². The molecule has 3 rings (SSSR count). The van der Waals surface area contributed by atoms with Crippen LogP contribution in [0.2, 0.25) is 0 Å². The van der Waals surface area contributed by atoms with Crippen LogP contribution in [0.3, 0.4) is 0 Å². The van der Waals surface area contributed by atoms with E-state index in [4.69, 9.17) is 5.73 Å². The fourth-order valence-electron chi connectivity index (χ4n) is 2.19. The molecule has 1 aromatic heterocycles. The minimum absolute atomic E-state index is 0.0119. The van der Waals surface area contributed by atoms with E-state index in [2.05, 4.69) is 59.6 Å². The first-order valence-corrected chi connectivity index (χ1v) is 7.63. The van der Waals surface area contributed by atoms with Crippen LogP contribution in [-0.4, -0.2) is 10.2 Å². The second-order valence-electron chi connectivity index (χ2n) is 4.91. The maximum Gasteiger partial charge on any atom is 0.134 e. The van der Waals surface area contributed by atoms with Crippen molar-refractivity contribution >= 4 is 22.1 Å². The Bertz CT molecular complexity index is 720. The largest absolute Gasteiger partial charge is 0.322 e. The van der Waals surface area contributed by atoms with E-state index in [-0.39, 0.29) is 6.04 Å². The van der Waals surface area contributed by atoms with Gasteiger partial charge in [0.15, 0.2) is 0 Å². The number of aromatic nitrogens is 2. The van der Waals surface area contributed by atoms with Gasteiger partial charge in [-0.2, -0.15) is 0 Å². The molecule has 0 aliphatic carbocycles. The van der Waals surface area contributed by atoms with E-state index in [1.807, 2.05) is 0 Å². The standard InChI is InChI=1S/C16H17N3S/c1-2-14(17)16-19-18-15(20-16)10-11-7-8-12-5-3-4-6-13(12)9-11/h3-9,14H,2,10,17H2,1H3. The lowest BCUT2D eigenvalue weighted by atomic mass is 10.1. The van der Waals surface area contributed by atoms with Crippen molar-refractivity contribution < 1.29 is 0 Å². The molecule has 0 spiro atoms. The highest BCUT2D eigenvalue weighted by molar-refractivity contribution is 7.11. The summed E-state index contributed by atoms with van der Waals surface area (Å²) in [5.74, 6) is 0. The molecule has 0 radical (unpaired) electrons. The third-order valence-electron chi connectivity index (χ3n) is 3.41. The lowest BCUT2D eigenvalue weighted by Gasteiger charge is -2.02. The molecule has 1 atom stereocenters. The average molecular weight is 283 g/mol. The Kier molecular flexibility index (Phi) is 3.76. The normalized spacial score (nSPS) is 12.7. The highest BCUT2D eigenvalue weighted by Gasteiger charge is 2.11. The van der Waals surface area contributed by atoms with Crippen LogP contribution < -0.4 is 5.73 Å². The van der Waals surface area contributed by atoms with Gasteiger partial charge in [0.1, 0.15) is 10.0 Å². The molecule has 3 nitrogen and oxygen atoms in total. The molecular formula is C16H17N3S. The van der Waals surface area contributed by atoms with Crippen LogP contribution in [0.1, 0.15) is 35.0 Å². The minimum Gasteiger partial charge on any atom is -0.322 e. The number of benzene rings is 2. The smallest absolute Gasteiger partial charge is 0.134 e. The summed E-state index contributed by atoms with van der Waals surface area (Å²) in [5.41, 5.74) is 7.24. The predicted octanol–water partition coefficient (Wildman–Crippen LogP) is 3.69. The Balaban J connectivity index is 1.83.